The molecule has 230 valence electrons. The maximum Gasteiger partial charge on any atom is 0.242 e. The Balaban J connectivity index is 1.57. The highest BCUT2D eigenvalue weighted by atomic mass is 16.5. The number of hydrogen-bond donors (Lipinski definition) is 1. The largest absolute Gasteiger partial charge is 0.496 e. The predicted molar refractivity (Wildman–Crippen MR) is 170 cm³/mol. The molecule has 0 bridgehead atoms. The van der Waals surface area contributed by atoms with Crippen molar-refractivity contribution in [2.24, 2.45) is 0 Å². The molecule has 44 heavy (non-hydrogen) atoms. The Bertz CT molecular complexity index is 1570. The molecule has 0 fully saturated rings. The molecular formula is C36H40N2O6. The van der Waals surface area contributed by atoms with Crippen LogP contribution < -0.4 is 29.0 Å². The molecule has 0 aliphatic carbocycles. The molecule has 1 aliphatic rings. The molecule has 4 aromatic rings. The molecule has 0 unspecified atom stereocenters. The SMILES string of the molecule is COc1ccccc1CNC(=O)[C@@H](c1ccccc1)N1CCc2cc(OC)c(OC)cc2[C@@H]1Cc1ccc(OC)c(OC)c1. The van der Waals surface area contributed by atoms with E-state index in [1.54, 1.807) is 35.5 Å². The summed E-state index contributed by atoms with van der Waals surface area (Å²) in [5, 5.41) is 3.21. The number of fused-ring (bicyclic) bond motifs is 1. The lowest BCUT2D eigenvalue weighted by atomic mass is 9.86. The van der Waals surface area contributed by atoms with Crippen LogP contribution in [0, 0.1) is 0 Å². The summed E-state index contributed by atoms with van der Waals surface area (Å²) in [5.74, 6) is 3.34. The molecule has 0 radical (unpaired) electrons. The Hall–Kier alpha value is -4.69. The first-order chi connectivity index (χ1) is 21.5. The minimum Gasteiger partial charge on any atom is -0.496 e. The molecular weight excluding hydrogens is 556 g/mol. The van der Waals surface area contributed by atoms with Gasteiger partial charge in [-0.05, 0) is 65.4 Å². The molecule has 5 rings (SSSR count). The predicted octanol–water partition coefficient (Wildman–Crippen LogP) is 5.93. The third-order valence-corrected chi connectivity index (χ3v) is 8.26. The fourth-order valence-electron chi connectivity index (χ4n) is 6.07. The van der Waals surface area contributed by atoms with Gasteiger partial charge in [-0.2, -0.15) is 0 Å². The summed E-state index contributed by atoms with van der Waals surface area (Å²) in [6.45, 7) is 1.02. The van der Waals surface area contributed by atoms with Crippen LogP contribution >= 0.6 is 0 Å². The fraction of sp³-hybridized carbons (Fsp3) is 0.306. The summed E-state index contributed by atoms with van der Waals surface area (Å²) < 4.78 is 28.0. The van der Waals surface area contributed by atoms with E-state index in [-0.39, 0.29) is 11.9 Å². The normalized spacial score (nSPS) is 15.1. The highest BCUT2D eigenvalue weighted by molar-refractivity contribution is 5.83. The van der Waals surface area contributed by atoms with Crippen LogP contribution in [0.25, 0.3) is 0 Å². The van der Waals surface area contributed by atoms with Gasteiger partial charge in [-0.1, -0.05) is 54.6 Å². The van der Waals surface area contributed by atoms with E-state index >= 15 is 0 Å². The van der Waals surface area contributed by atoms with Crippen LogP contribution in [0.4, 0.5) is 0 Å². The van der Waals surface area contributed by atoms with Crippen LogP contribution in [0.3, 0.4) is 0 Å². The lowest BCUT2D eigenvalue weighted by Gasteiger charge is -2.42. The minimum absolute atomic E-state index is 0.0802. The molecule has 0 saturated heterocycles. The van der Waals surface area contributed by atoms with Gasteiger partial charge in [-0.25, -0.2) is 0 Å². The smallest absolute Gasteiger partial charge is 0.242 e. The third-order valence-electron chi connectivity index (χ3n) is 8.26. The monoisotopic (exact) mass is 596 g/mol. The van der Waals surface area contributed by atoms with E-state index in [4.69, 9.17) is 23.7 Å². The first kappa shape index (κ1) is 30.8. The van der Waals surface area contributed by atoms with Gasteiger partial charge in [0.05, 0.1) is 35.5 Å². The quantitative estimate of drug-likeness (QED) is 0.217. The van der Waals surface area contributed by atoms with Crippen molar-refractivity contribution in [3.05, 3.63) is 113 Å². The molecule has 0 saturated carbocycles. The summed E-state index contributed by atoms with van der Waals surface area (Å²) in [6.07, 6.45) is 1.38. The fourth-order valence-corrected chi connectivity index (χ4v) is 6.07. The van der Waals surface area contributed by atoms with Gasteiger partial charge in [-0.3, -0.25) is 9.69 Å². The summed E-state index contributed by atoms with van der Waals surface area (Å²) in [7, 11) is 8.20. The lowest BCUT2D eigenvalue weighted by Crippen LogP contribution is -2.46. The van der Waals surface area contributed by atoms with Crippen molar-refractivity contribution in [3.8, 4) is 28.7 Å². The van der Waals surface area contributed by atoms with Crippen LogP contribution in [0.15, 0.2) is 84.9 Å². The van der Waals surface area contributed by atoms with Crippen molar-refractivity contribution >= 4 is 5.91 Å². The van der Waals surface area contributed by atoms with Crippen LogP contribution in [0.5, 0.6) is 28.7 Å². The van der Waals surface area contributed by atoms with Crippen molar-refractivity contribution in [2.45, 2.75) is 31.5 Å². The maximum absolute atomic E-state index is 14.3. The van der Waals surface area contributed by atoms with Crippen LogP contribution in [0.1, 0.15) is 39.9 Å². The van der Waals surface area contributed by atoms with Gasteiger partial charge >= 0.3 is 0 Å². The number of hydrogen-bond acceptors (Lipinski definition) is 7. The van der Waals surface area contributed by atoms with E-state index in [0.717, 1.165) is 34.4 Å². The summed E-state index contributed by atoms with van der Waals surface area (Å²) in [5.41, 5.74) is 5.17. The van der Waals surface area contributed by atoms with Gasteiger partial charge in [0.25, 0.3) is 0 Å². The molecule has 4 aromatic carbocycles. The molecule has 0 aromatic heterocycles. The number of rotatable bonds is 12. The molecule has 1 aliphatic heterocycles. The number of nitrogens with one attached hydrogen (secondary N) is 1. The molecule has 1 amide bonds. The first-order valence-electron chi connectivity index (χ1n) is 14.7. The van der Waals surface area contributed by atoms with Gasteiger partial charge in [0.15, 0.2) is 23.0 Å². The first-order valence-corrected chi connectivity index (χ1v) is 14.7. The van der Waals surface area contributed by atoms with E-state index < -0.39 is 6.04 Å². The molecule has 0 spiro atoms. The minimum atomic E-state index is -0.544. The van der Waals surface area contributed by atoms with Crippen molar-refractivity contribution in [1.82, 2.24) is 10.2 Å². The van der Waals surface area contributed by atoms with Crippen LogP contribution in [0.2, 0.25) is 0 Å². The lowest BCUT2D eigenvalue weighted by molar-refractivity contribution is -0.128. The van der Waals surface area contributed by atoms with Gasteiger partial charge < -0.3 is 29.0 Å². The van der Waals surface area contributed by atoms with Gasteiger partial charge in [0, 0.05) is 24.7 Å². The molecule has 1 N–H and O–H groups in total. The average molecular weight is 597 g/mol. The molecule has 1 heterocycles. The Morgan fingerprint density at radius 3 is 2.09 bits per heavy atom. The zero-order valence-electron chi connectivity index (χ0n) is 26.0. The molecule has 8 nitrogen and oxygen atoms in total. The van der Waals surface area contributed by atoms with Crippen molar-refractivity contribution < 1.29 is 28.5 Å². The van der Waals surface area contributed by atoms with Crippen molar-refractivity contribution in [1.29, 1.82) is 0 Å². The van der Waals surface area contributed by atoms with Crippen molar-refractivity contribution in [3.63, 3.8) is 0 Å². The number of carbonyl (C=O) groups excluding carboxylic acids is 1. The van der Waals surface area contributed by atoms with Crippen LogP contribution in [-0.4, -0.2) is 52.9 Å². The Morgan fingerprint density at radius 1 is 0.750 bits per heavy atom. The number of methoxy groups -OCH3 is 5. The average Bonchev–Trinajstić information content (AvgIpc) is 3.08. The van der Waals surface area contributed by atoms with Crippen molar-refractivity contribution in [2.75, 3.05) is 42.1 Å². The number of benzene rings is 4. The second-order valence-electron chi connectivity index (χ2n) is 10.6. The van der Waals surface area contributed by atoms with E-state index in [2.05, 4.69) is 22.3 Å². The van der Waals surface area contributed by atoms with Gasteiger partial charge in [0.2, 0.25) is 5.91 Å². The van der Waals surface area contributed by atoms with E-state index in [9.17, 15) is 4.79 Å². The molecule has 2 atom stereocenters. The van der Waals surface area contributed by atoms with E-state index in [1.807, 2.05) is 72.8 Å². The van der Waals surface area contributed by atoms with Crippen LogP contribution in [-0.2, 0) is 24.2 Å². The van der Waals surface area contributed by atoms with Gasteiger partial charge in [-0.15, -0.1) is 0 Å². The summed E-state index contributed by atoms with van der Waals surface area (Å²) in [6, 6.07) is 27.1. The highest BCUT2D eigenvalue weighted by Gasteiger charge is 2.38. The summed E-state index contributed by atoms with van der Waals surface area (Å²) >= 11 is 0. The van der Waals surface area contributed by atoms with Gasteiger partial charge in [0.1, 0.15) is 11.8 Å². The number of ether oxygens (including phenoxy) is 5. The van der Waals surface area contributed by atoms with E-state index in [0.29, 0.717) is 42.5 Å². The number of carbonyl (C=O) groups is 1. The Morgan fingerprint density at radius 2 is 1.39 bits per heavy atom. The van der Waals surface area contributed by atoms with E-state index in [1.165, 1.54) is 5.56 Å². The second-order valence-corrected chi connectivity index (χ2v) is 10.6. The zero-order valence-corrected chi connectivity index (χ0v) is 26.0. The second kappa shape index (κ2) is 14.2. The zero-order chi connectivity index (χ0) is 31.1. The Kier molecular flexibility index (Phi) is 9.92. The standard InChI is InChI=1S/C36H40N2O6/c1-40-30-14-10-9-13-27(30)23-37-36(39)35(25-11-7-6-8-12-25)38-18-17-26-21-33(43-4)34(44-5)22-28(26)29(38)19-24-15-16-31(41-2)32(20-24)42-3/h6-16,20-22,29,35H,17-19,23H2,1-5H3,(H,37,39)/t29-,35+/m0/s1. The summed E-state index contributed by atoms with van der Waals surface area (Å²) in [4.78, 5) is 16.6. The number of amides is 1. The topological polar surface area (TPSA) is 78.5 Å². The molecule has 8 heteroatoms. The highest BCUT2D eigenvalue weighted by Crippen LogP contribution is 2.43. The number of nitrogens with zero attached hydrogens (tertiary/aromatic N) is 1. The maximum atomic E-state index is 14.3. The Labute approximate surface area is 259 Å². The third kappa shape index (κ3) is 6.45. The number of para-hydroxylation sites is 1.